The zero-order valence-electron chi connectivity index (χ0n) is 9.93. The molecule has 0 bridgehead atoms. The van der Waals surface area contributed by atoms with Crippen molar-refractivity contribution in [2.75, 3.05) is 20.8 Å². The predicted molar refractivity (Wildman–Crippen MR) is 74.9 cm³/mol. The van der Waals surface area contributed by atoms with E-state index < -0.39 is 14.5 Å². The first-order valence-electron chi connectivity index (χ1n) is 4.27. The highest BCUT2D eigenvalue weighted by molar-refractivity contribution is 7.80. The Hall–Kier alpha value is -0.483. The molecule has 0 amide bonds. The van der Waals surface area contributed by atoms with Crippen molar-refractivity contribution in [3.8, 4) is 0 Å². The largest absolute Gasteiger partial charge is 0.487 e. The summed E-state index contributed by atoms with van der Waals surface area (Å²) in [6.07, 6.45) is 0. The van der Waals surface area contributed by atoms with Gasteiger partial charge < -0.3 is 30.2 Å². The highest BCUT2D eigenvalue weighted by Crippen LogP contribution is 1.77. The minimum Gasteiger partial charge on any atom is -0.487 e. The number of aliphatic hydroxyl groups excluding tert-OH is 1. The van der Waals surface area contributed by atoms with Gasteiger partial charge in [-0.2, -0.15) is 0 Å². The lowest BCUT2D eigenvalue weighted by Gasteiger charge is -2.00. The van der Waals surface area contributed by atoms with E-state index in [0.717, 1.165) is 0 Å². The molecule has 0 aromatic rings. The molecule has 16 heavy (non-hydrogen) atoms. The van der Waals surface area contributed by atoms with Gasteiger partial charge in [0.2, 0.25) is 0 Å². The Morgan fingerprint density at radius 1 is 1.25 bits per heavy atom. The van der Waals surface area contributed by atoms with Gasteiger partial charge in [-0.15, -0.1) is 0 Å². The zero-order valence-corrected chi connectivity index (χ0v) is 12.7. The predicted octanol–water partition coefficient (Wildman–Crippen LogP) is 0.184. The van der Waals surface area contributed by atoms with E-state index in [0.29, 0.717) is 6.61 Å². The maximum atomic E-state index is 7.56. The van der Waals surface area contributed by atoms with E-state index in [4.69, 9.17) is 19.7 Å². The first kappa shape index (κ1) is 20.9. The van der Waals surface area contributed by atoms with Gasteiger partial charge in [-0.05, 0) is 37.9 Å². The van der Waals surface area contributed by atoms with Crippen molar-refractivity contribution in [2.45, 2.75) is 13.5 Å². The summed E-state index contributed by atoms with van der Waals surface area (Å²) in [6, 6.07) is 0. The second-order valence-electron chi connectivity index (χ2n) is 2.13. The van der Waals surface area contributed by atoms with Gasteiger partial charge in [-0.25, -0.2) is 0 Å². The molecule has 0 aliphatic heterocycles. The molecular weight excluding hydrogens is 268 g/mol. The van der Waals surface area contributed by atoms with Crippen LogP contribution < -0.4 is 11.5 Å². The molecule has 0 atom stereocenters. The van der Waals surface area contributed by atoms with Crippen molar-refractivity contribution < 1.29 is 18.7 Å². The third kappa shape index (κ3) is 49.9. The van der Waals surface area contributed by atoms with E-state index in [1.54, 1.807) is 14.2 Å². The maximum Gasteiger partial charge on any atom is 0.317 e. The fourth-order valence-electron chi connectivity index (χ4n) is 0.238. The van der Waals surface area contributed by atoms with Crippen molar-refractivity contribution in [2.24, 2.45) is 11.5 Å². The Morgan fingerprint density at radius 3 is 1.56 bits per heavy atom. The smallest absolute Gasteiger partial charge is 0.317 e. The molecule has 0 unspecified atom stereocenters. The van der Waals surface area contributed by atoms with Gasteiger partial charge in [0.15, 0.2) is 0 Å². The lowest BCUT2D eigenvalue weighted by molar-refractivity contribution is 0.285. The number of hydrogen-bond acceptors (Lipinski definition) is 5. The summed E-state index contributed by atoms with van der Waals surface area (Å²) in [5.41, 5.74) is 9.31. The van der Waals surface area contributed by atoms with Crippen LogP contribution in [0.2, 0.25) is 6.55 Å². The summed E-state index contributed by atoms with van der Waals surface area (Å²) >= 11 is 8.22. The molecule has 0 aliphatic carbocycles. The number of thiocarbonyl (C=S) groups is 2. The zero-order chi connectivity index (χ0) is 13.6. The molecule has 0 saturated heterocycles. The maximum absolute atomic E-state index is 7.56. The molecule has 0 heterocycles. The number of rotatable bonds is 3. The summed E-state index contributed by atoms with van der Waals surface area (Å²) in [5.74, 6) is 0. The van der Waals surface area contributed by atoms with E-state index in [-0.39, 0.29) is 5.17 Å². The van der Waals surface area contributed by atoms with Gasteiger partial charge >= 0.3 is 9.28 Å². The molecule has 0 aromatic carbocycles. The minimum absolute atomic E-state index is 0.123. The first-order valence-corrected chi connectivity index (χ1v) is 7.19. The highest BCUT2D eigenvalue weighted by atomic mass is 32.1. The van der Waals surface area contributed by atoms with Gasteiger partial charge in [0.05, 0.1) is 6.61 Å². The third-order valence-electron chi connectivity index (χ3n) is 0.950. The van der Waals surface area contributed by atoms with E-state index >= 15 is 0 Å². The summed E-state index contributed by atoms with van der Waals surface area (Å²) in [4.78, 5) is 0. The Bertz CT molecular complexity index is 178. The van der Waals surface area contributed by atoms with E-state index in [2.05, 4.69) is 34.9 Å². The second-order valence-corrected chi connectivity index (χ2v) is 5.03. The van der Waals surface area contributed by atoms with Crippen LogP contribution in [0.1, 0.15) is 6.92 Å². The van der Waals surface area contributed by atoms with Crippen LogP contribution in [0.15, 0.2) is 0 Å². The van der Waals surface area contributed by atoms with Crippen LogP contribution in [-0.2, 0) is 13.6 Å². The van der Waals surface area contributed by atoms with Crippen LogP contribution in [0.3, 0.4) is 0 Å². The molecule has 0 aromatic heterocycles. The molecular formula is C7H20N2O4S2Si. The van der Waals surface area contributed by atoms with Crippen LogP contribution >= 0.6 is 24.4 Å². The van der Waals surface area contributed by atoms with Crippen LogP contribution in [-0.4, -0.2) is 45.6 Å². The fourth-order valence-corrected chi connectivity index (χ4v) is 0.549. The summed E-state index contributed by atoms with van der Waals surface area (Å²) in [7, 11) is 2.17. The SMILES string of the molecule is CCOC(N)=S.CO[SiH](C)OC.NC(O)=S. The molecule has 6 nitrogen and oxygen atoms in total. The molecule has 0 rings (SSSR count). The van der Waals surface area contributed by atoms with Gasteiger partial charge in [-0.3, -0.25) is 0 Å². The average molecular weight is 288 g/mol. The monoisotopic (exact) mass is 288 g/mol. The summed E-state index contributed by atoms with van der Waals surface area (Å²) in [5, 5.41) is 7.19. The number of aliphatic hydroxyl groups is 1. The lowest BCUT2D eigenvalue weighted by atomic mass is 10.9. The van der Waals surface area contributed by atoms with Gasteiger partial charge in [0.25, 0.3) is 10.3 Å². The van der Waals surface area contributed by atoms with Crippen molar-refractivity contribution in [1.82, 2.24) is 0 Å². The molecule has 5 N–H and O–H groups in total. The van der Waals surface area contributed by atoms with Gasteiger partial charge in [0, 0.05) is 14.2 Å². The number of ether oxygens (including phenoxy) is 1. The Balaban J connectivity index is -0.000000162. The second kappa shape index (κ2) is 16.9. The van der Waals surface area contributed by atoms with Crippen LogP contribution in [0.4, 0.5) is 0 Å². The standard InChI is InChI=1S/C3H7NOS.C3H10O2Si.CH3NOS/c1-2-5-3(4)6;1-4-6(3)5-2;2-1(3)4/h2H2,1H3,(H2,4,6);6H,1-3H3;(H3,2,3,4). The van der Waals surface area contributed by atoms with Gasteiger partial charge in [0.1, 0.15) is 0 Å². The number of hydrogen-bond donors (Lipinski definition) is 3. The molecule has 9 heteroatoms. The highest BCUT2D eigenvalue weighted by Gasteiger charge is 1.94. The van der Waals surface area contributed by atoms with Crippen LogP contribution in [0.25, 0.3) is 0 Å². The molecule has 98 valence electrons. The number of nitrogens with two attached hydrogens (primary N) is 2. The molecule has 0 radical (unpaired) electrons. The minimum atomic E-state index is -1.16. The van der Waals surface area contributed by atoms with Crippen molar-refractivity contribution >= 4 is 44.1 Å². The van der Waals surface area contributed by atoms with Crippen molar-refractivity contribution in [1.29, 1.82) is 0 Å². The first-order chi connectivity index (χ1) is 7.31. The van der Waals surface area contributed by atoms with E-state index in [1.165, 1.54) is 0 Å². The topological polar surface area (TPSA) is 100.0 Å². The van der Waals surface area contributed by atoms with Crippen molar-refractivity contribution in [3.05, 3.63) is 0 Å². The quantitative estimate of drug-likeness (QED) is 0.500. The molecule has 0 fully saturated rings. The molecule has 0 aliphatic rings. The lowest BCUT2D eigenvalue weighted by Crippen LogP contribution is -2.12. The Kier molecular flexibility index (Phi) is 22.1. The Labute approximate surface area is 109 Å². The van der Waals surface area contributed by atoms with Crippen molar-refractivity contribution in [3.63, 3.8) is 0 Å². The molecule has 0 saturated carbocycles. The van der Waals surface area contributed by atoms with Crippen LogP contribution in [0, 0.1) is 0 Å². The Morgan fingerprint density at radius 2 is 1.56 bits per heavy atom. The van der Waals surface area contributed by atoms with Crippen LogP contribution in [0.5, 0.6) is 0 Å². The average Bonchev–Trinajstić information content (AvgIpc) is 2.16. The third-order valence-corrected chi connectivity index (χ3v) is 2.40. The fraction of sp³-hybridized carbons (Fsp3) is 0.714. The van der Waals surface area contributed by atoms with Gasteiger partial charge in [-0.1, -0.05) is 0 Å². The summed E-state index contributed by atoms with van der Waals surface area (Å²) < 4.78 is 14.2. The summed E-state index contributed by atoms with van der Waals surface area (Å²) in [6.45, 7) is 4.37. The van der Waals surface area contributed by atoms with E-state index in [9.17, 15) is 0 Å². The molecule has 0 spiro atoms. The van der Waals surface area contributed by atoms with E-state index in [1.807, 2.05) is 13.5 Å². The normalized spacial score (nSPS) is 8.06.